The molecule has 4 rings (SSSR count). The topological polar surface area (TPSA) is 9.23 Å². The van der Waals surface area contributed by atoms with Crippen LogP contribution in [0.4, 0.5) is 0 Å². The van der Waals surface area contributed by atoms with Gasteiger partial charge in [-0.15, -0.1) is 0 Å². The fourth-order valence-corrected chi connectivity index (χ4v) is 5.69. The van der Waals surface area contributed by atoms with Crippen LogP contribution in [0.1, 0.15) is 75.0 Å². The van der Waals surface area contributed by atoms with E-state index in [1.165, 1.54) is 64.0 Å². The zero-order chi connectivity index (χ0) is 22.3. The minimum absolute atomic E-state index is 0.106. The Hall–Kier alpha value is -1.83. The Labute approximate surface area is 207 Å². The third kappa shape index (κ3) is 5.94. The highest BCUT2D eigenvalue weighted by Gasteiger charge is 2.21. The molecule has 0 spiro atoms. The molecule has 0 saturated heterocycles. The first-order valence-electron chi connectivity index (χ1n) is 12.0. The van der Waals surface area contributed by atoms with E-state index in [4.69, 9.17) is 4.74 Å². The highest BCUT2D eigenvalue weighted by molar-refractivity contribution is 14.1. The van der Waals surface area contributed by atoms with Gasteiger partial charge >= 0.3 is 0 Å². The van der Waals surface area contributed by atoms with Crippen molar-refractivity contribution in [2.24, 2.45) is 5.92 Å². The molecular formula is C30H33IO. The van der Waals surface area contributed by atoms with Gasteiger partial charge in [-0.05, 0) is 101 Å². The van der Waals surface area contributed by atoms with Crippen LogP contribution in [-0.4, -0.2) is 6.10 Å². The Morgan fingerprint density at radius 3 is 2.47 bits per heavy atom. The molecule has 2 heteroatoms. The van der Waals surface area contributed by atoms with Crippen LogP contribution < -0.4 is 0 Å². The standard InChI is InChI=1S/C30H33IO/c1-3-6-23-11-15-25(16-12-23)26-17-13-24(14-18-26)10-9-22(2)32-21-28-20-19-27-7-4-5-8-29(27)30(28)31/h4-5,7-8,13-14,17-20,22-23,25H,3,6,11-12,15-16,21H2,1-2H3/t22-,23?,25?/m0/s1. The Morgan fingerprint density at radius 1 is 0.969 bits per heavy atom. The summed E-state index contributed by atoms with van der Waals surface area (Å²) >= 11 is 2.43. The zero-order valence-corrected chi connectivity index (χ0v) is 21.4. The van der Waals surface area contributed by atoms with Crippen molar-refractivity contribution in [1.82, 2.24) is 0 Å². The molecule has 1 aliphatic rings. The minimum Gasteiger partial charge on any atom is -0.361 e. The molecule has 0 unspecified atom stereocenters. The molecule has 0 amide bonds. The van der Waals surface area contributed by atoms with E-state index in [-0.39, 0.29) is 6.10 Å². The smallest absolute Gasteiger partial charge is 0.116 e. The molecule has 0 aromatic heterocycles. The lowest BCUT2D eigenvalue weighted by Gasteiger charge is -2.28. The molecule has 32 heavy (non-hydrogen) atoms. The average Bonchev–Trinajstić information content (AvgIpc) is 2.83. The second kappa shape index (κ2) is 11.3. The molecule has 1 aliphatic carbocycles. The molecule has 0 heterocycles. The van der Waals surface area contributed by atoms with Gasteiger partial charge in [-0.2, -0.15) is 0 Å². The van der Waals surface area contributed by atoms with Crippen molar-refractivity contribution in [2.45, 2.75) is 71.0 Å². The number of benzene rings is 3. The molecule has 0 bridgehead atoms. The van der Waals surface area contributed by atoms with Gasteiger partial charge in [0.2, 0.25) is 0 Å². The van der Waals surface area contributed by atoms with Gasteiger partial charge in [0.25, 0.3) is 0 Å². The van der Waals surface area contributed by atoms with Crippen LogP contribution in [0, 0.1) is 21.3 Å². The summed E-state index contributed by atoms with van der Waals surface area (Å²) < 4.78 is 7.31. The van der Waals surface area contributed by atoms with Crippen LogP contribution in [0.3, 0.4) is 0 Å². The van der Waals surface area contributed by atoms with E-state index in [2.05, 4.69) is 102 Å². The van der Waals surface area contributed by atoms with Gasteiger partial charge in [-0.25, -0.2) is 0 Å². The molecule has 1 fully saturated rings. The SMILES string of the molecule is CCCC1CCC(c2ccc(C#C[C@H](C)OCc3ccc4ccccc4c3I)cc2)CC1. The van der Waals surface area contributed by atoms with E-state index in [1.807, 2.05) is 6.92 Å². The van der Waals surface area contributed by atoms with Gasteiger partial charge in [-0.1, -0.05) is 80.1 Å². The van der Waals surface area contributed by atoms with Crippen molar-refractivity contribution in [3.05, 3.63) is 80.9 Å². The van der Waals surface area contributed by atoms with Gasteiger partial charge in [0.1, 0.15) is 6.10 Å². The third-order valence-electron chi connectivity index (χ3n) is 6.78. The van der Waals surface area contributed by atoms with Crippen LogP contribution in [-0.2, 0) is 11.3 Å². The lowest BCUT2D eigenvalue weighted by Crippen LogP contribution is -2.13. The summed E-state index contributed by atoms with van der Waals surface area (Å²) in [5.74, 6) is 8.26. The summed E-state index contributed by atoms with van der Waals surface area (Å²) in [4.78, 5) is 0. The van der Waals surface area contributed by atoms with Gasteiger partial charge in [0.15, 0.2) is 0 Å². The number of rotatable bonds is 6. The van der Waals surface area contributed by atoms with Gasteiger partial charge in [0, 0.05) is 9.13 Å². The molecule has 1 nitrogen and oxygen atoms in total. The normalized spacial score (nSPS) is 19.3. The Balaban J connectivity index is 1.31. The highest BCUT2D eigenvalue weighted by Crippen LogP contribution is 2.37. The fraction of sp³-hybridized carbons (Fsp3) is 0.400. The number of fused-ring (bicyclic) bond motifs is 1. The van der Waals surface area contributed by atoms with E-state index >= 15 is 0 Å². The molecule has 3 aromatic rings. The van der Waals surface area contributed by atoms with E-state index < -0.39 is 0 Å². The van der Waals surface area contributed by atoms with Crippen LogP contribution in [0.2, 0.25) is 0 Å². The van der Waals surface area contributed by atoms with Gasteiger partial charge in [-0.3, -0.25) is 0 Å². The predicted molar refractivity (Wildman–Crippen MR) is 144 cm³/mol. The Bertz CT molecular complexity index is 1080. The maximum atomic E-state index is 6.05. The van der Waals surface area contributed by atoms with Crippen LogP contribution in [0.15, 0.2) is 60.7 Å². The van der Waals surface area contributed by atoms with Crippen molar-refractivity contribution in [2.75, 3.05) is 0 Å². The third-order valence-corrected chi connectivity index (χ3v) is 8.05. The summed E-state index contributed by atoms with van der Waals surface area (Å²) in [7, 11) is 0. The first-order valence-corrected chi connectivity index (χ1v) is 13.1. The van der Waals surface area contributed by atoms with Crippen molar-refractivity contribution >= 4 is 33.4 Å². The summed E-state index contributed by atoms with van der Waals surface area (Å²) in [5.41, 5.74) is 3.78. The molecular weight excluding hydrogens is 503 g/mol. The number of halogens is 1. The van der Waals surface area contributed by atoms with E-state index in [0.717, 1.165) is 17.4 Å². The van der Waals surface area contributed by atoms with Crippen molar-refractivity contribution in [3.63, 3.8) is 0 Å². The molecule has 0 N–H and O–H groups in total. The molecule has 0 radical (unpaired) electrons. The predicted octanol–water partition coefficient (Wildman–Crippen LogP) is 8.48. The van der Waals surface area contributed by atoms with E-state index in [0.29, 0.717) is 6.61 Å². The molecule has 166 valence electrons. The molecule has 0 aliphatic heterocycles. The molecule has 1 saturated carbocycles. The van der Waals surface area contributed by atoms with Crippen molar-refractivity contribution in [3.8, 4) is 11.8 Å². The maximum absolute atomic E-state index is 6.05. The minimum atomic E-state index is -0.106. The van der Waals surface area contributed by atoms with Gasteiger partial charge < -0.3 is 4.74 Å². The first kappa shape index (κ1) is 23.3. The van der Waals surface area contributed by atoms with Crippen molar-refractivity contribution in [1.29, 1.82) is 0 Å². The highest BCUT2D eigenvalue weighted by atomic mass is 127. The quantitative estimate of drug-likeness (QED) is 0.227. The average molecular weight is 536 g/mol. The van der Waals surface area contributed by atoms with E-state index in [9.17, 15) is 0 Å². The summed E-state index contributed by atoms with van der Waals surface area (Å²) in [6.07, 6.45) is 8.09. The fourth-order valence-electron chi connectivity index (χ4n) is 4.86. The number of hydrogen-bond donors (Lipinski definition) is 0. The number of ether oxygens (including phenoxy) is 1. The largest absolute Gasteiger partial charge is 0.361 e. The zero-order valence-electron chi connectivity index (χ0n) is 19.2. The second-order valence-electron chi connectivity index (χ2n) is 9.11. The lowest BCUT2D eigenvalue weighted by molar-refractivity contribution is 0.0897. The number of hydrogen-bond acceptors (Lipinski definition) is 1. The maximum Gasteiger partial charge on any atom is 0.116 e. The second-order valence-corrected chi connectivity index (χ2v) is 10.2. The lowest BCUT2D eigenvalue weighted by atomic mass is 9.77. The van der Waals surface area contributed by atoms with Gasteiger partial charge in [0.05, 0.1) is 6.61 Å². The summed E-state index contributed by atoms with van der Waals surface area (Å²) in [6, 6.07) is 21.8. The van der Waals surface area contributed by atoms with Crippen LogP contribution in [0.25, 0.3) is 10.8 Å². The molecule has 3 aromatic carbocycles. The van der Waals surface area contributed by atoms with E-state index in [1.54, 1.807) is 0 Å². The first-order chi connectivity index (χ1) is 15.6. The van der Waals surface area contributed by atoms with Crippen LogP contribution >= 0.6 is 22.6 Å². The Morgan fingerprint density at radius 2 is 1.72 bits per heavy atom. The summed E-state index contributed by atoms with van der Waals surface area (Å²) in [5, 5.41) is 2.55. The molecule has 1 atom stereocenters. The Kier molecular flexibility index (Phi) is 8.27. The monoisotopic (exact) mass is 536 g/mol. The van der Waals surface area contributed by atoms with Crippen LogP contribution in [0.5, 0.6) is 0 Å². The summed E-state index contributed by atoms with van der Waals surface area (Å²) in [6.45, 7) is 4.92. The van der Waals surface area contributed by atoms with Crippen molar-refractivity contribution < 1.29 is 4.74 Å².